The number of nitrogens with one attached hydrogen (secondary N) is 1. The van der Waals surface area contributed by atoms with Gasteiger partial charge < -0.3 is 43.2 Å². The fourth-order valence-corrected chi connectivity index (χ4v) is 3.68. The summed E-state index contributed by atoms with van der Waals surface area (Å²) < 4.78 is 47.9. The number of rotatable bonds is 9. The Morgan fingerprint density at radius 3 is 2.06 bits per heavy atom. The van der Waals surface area contributed by atoms with E-state index >= 15 is 0 Å². The van der Waals surface area contributed by atoms with Crippen LogP contribution in [0.25, 0.3) is 0 Å². The molecule has 0 unspecified atom stereocenters. The Morgan fingerprint density at radius 1 is 0.781 bits per heavy atom. The van der Waals surface area contributed by atoms with Crippen LogP contribution in [0.5, 0.6) is 0 Å². The fourth-order valence-electron chi connectivity index (χ4n) is 3.68. The number of hydrogen-bond donors (Lipinski definition) is 1. The second-order valence-corrected chi connectivity index (χ2v) is 8.04. The Bertz CT molecular complexity index is 444. The highest BCUT2D eigenvalue weighted by molar-refractivity contribution is 4.93. The molecule has 0 aromatic rings. The number of methoxy groups -OCH3 is 1. The molecule has 0 radical (unpaired) electrons. The van der Waals surface area contributed by atoms with Gasteiger partial charge in [-0.1, -0.05) is 26.7 Å². The van der Waals surface area contributed by atoms with E-state index in [9.17, 15) is 0 Å². The molecule has 5 atom stereocenters. The van der Waals surface area contributed by atoms with Crippen molar-refractivity contribution >= 4 is 0 Å². The summed E-state index contributed by atoms with van der Waals surface area (Å²) in [4.78, 5) is 0. The van der Waals surface area contributed by atoms with Gasteiger partial charge in [-0.3, -0.25) is 0 Å². The zero-order chi connectivity index (χ0) is 22.9. The maximum atomic E-state index is 6.33. The molecule has 9 nitrogen and oxygen atoms in total. The molecule has 2 saturated heterocycles. The van der Waals surface area contributed by atoms with Crippen LogP contribution in [0, 0.1) is 0 Å². The number of ether oxygens (including phenoxy) is 8. The van der Waals surface area contributed by atoms with E-state index < -0.39 is 6.29 Å². The molecule has 0 saturated carbocycles. The standard InChI is InChI=1S/C23H45NO8/c1-4-6-10-29-21-20-19(32-23(25-3)22(21)30-11-7-5-2)18-28-15-14-26-12-8-24-9-13-27-16-17-31-20/h19-24H,4-18H2,1-3H3/t19-,20-,21+,22-,23+/m1/s1. The summed E-state index contributed by atoms with van der Waals surface area (Å²) in [5, 5.41) is 3.29. The van der Waals surface area contributed by atoms with Gasteiger partial charge in [-0.15, -0.1) is 0 Å². The van der Waals surface area contributed by atoms with Crippen LogP contribution in [0.2, 0.25) is 0 Å². The van der Waals surface area contributed by atoms with Crippen molar-refractivity contribution in [2.45, 2.75) is 70.2 Å². The van der Waals surface area contributed by atoms with E-state index in [4.69, 9.17) is 37.9 Å². The Morgan fingerprint density at radius 2 is 1.41 bits per heavy atom. The van der Waals surface area contributed by atoms with Crippen LogP contribution in [-0.4, -0.2) is 110 Å². The van der Waals surface area contributed by atoms with E-state index in [-0.39, 0.29) is 24.4 Å². The number of fused-ring (bicyclic) bond motifs is 1. The maximum Gasteiger partial charge on any atom is 0.186 e. The molecule has 2 aliphatic rings. The Kier molecular flexibility index (Phi) is 15.7. The summed E-state index contributed by atoms with van der Waals surface area (Å²) in [6.45, 7) is 10.7. The molecule has 0 spiro atoms. The molecule has 190 valence electrons. The van der Waals surface area contributed by atoms with E-state index in [1.54, 1.807) is 7.11 Å². The van der Waals surface area contributed by atoms with Gasteiger partial charge in [0.05, 0.1) is 46.2 Å². The minimum Gasteiger partial charge on any atom is -0.378 e. The van der Waals surface area contributed by atoms with Gasteiger partial charge in [0, 0.05) is 33.4 Å². The van der Waals surface area contributed by atoms with E-state index in [0.717, 1.165) is 38.8 Å². The summed E-state index contributed by atoms with van der Waals surface area (Å²) in [6, 6.07) is 0. The molecule has 2 aliphatic heterocycles. The molecule has 9 heteroatoms. The highest BCUT2D eigenvalue weighted by Gasteiger charge is 2.48. The molecule has 0 aromatic carbocycles. The van der Waals surface area contributed by atoms with Crippen LogP contribution in [0.15, 0.2) is 0 Å². The van der Waals surface area contributed by atoms with Gasteiger partial charge in [0.25, 0.3) is 0 Å². The van der Waals surface area contributed by atoms with Gasteiger partial charge in [0.15, 0.2) is 6.29 Å². The molecule has 2 rings (SSSR count). The first kappa shape index (κ1) is 27.9. The average Bonchev–Trinajstić information content (AvgIpc) is 2.80. The first-order chi connectivity index (χ1) is 15.8. The lowest BCUT2D eigenvalue weighted by molar-refractivity contribution is -0.319. The second-order valence-electron chi connectivity index (χ2n) is 8.04. The van der Waals surface area contributed by atoms with E-state index in [1.165, 1.54) is 0 Å². The summed E-state index contributed by atoms with van der Waals surface area (Å²) in [5.74, 6) is 0. The van der Waals surface area contributed by atoms with E-state index in [2.05, 4.69) is 19.2 Å². The first-order valence-electron chi connectivity index (χ1n) is 12.3. The summed E-state index contributed by atoms with van der Waals surface area (Å²) in [6.07, 6.45) is 2.12. The molecule has 0 aromatic heterocycles. The molecule has 2 fully saturated rings. The van der Waals surface area contributed by atoms with Crippen molar-refractivity contribution in [2.75, 3.05) is 79.7 Å². The SMILES string of the molecule is CCCCO[C@@H]1[C@@H](OCCCC)[C@@H](OC)O[C@@H]2COCCOCCNCCOCCO[C@@H]12. The molecule has 0 bridgehead atoms. The van der Waals surface area contributed by atoms with Crippen LogP contribution in [0.4, 0.5) is 0 Å². The van der Waals surface area contributed by atoms with Gasteiger partial charge >= 0.3 is 0 Å². The van der Waals surface area contributed by atoms with Crippen molar-refractivity contribution in [3.05, 3.63) is 0 Å². The van der Waals surface area contributed by atoms with Crippen LogP contribution in [0.1, 0.15) is 39.5 Å². The van der Waals surface area contributed by atoms with Crippen molar-refractivity contribution in [2.24, 2.45) is 0 Å². The van der Waals surface area contributed by atoms with Gasteiger partial charge in [0.1, 0.15) is 24.4 Å². The van der Waals surface area contributed by atoms with Crippen molar-refractivity contribution < 1.29 is 37.9 Å². The molecule has 0 aliphatic carbocycles. The summed E-state index contributed by atoms with van der Waals surface area (Å²) in [5.41, 5.74) is 0. The lowest BCUT2D eigenvalue weighted by Gasteiger charge is -2.45. The van der Waals surface area contributed by atoms with Crippen molar-refractivity contribution in [1.82, 2.24) is 5.32 Å². The molecule has 2 heterocycles. The minimum atomic E-state index is -0.545. The molecular formula is C23H45NO8. The van der Waals surface area contributed by atoms with Crippen LogP contribution in [0.3, 0.4) is 0 Å². The lowest BCUT2D eigenvalue weighted by atomic mass is 9.98. The third kappa shape index (κ3) is 10.3. The Hall–Kier alpha value is -0.360. The highest BCUT2D eigenvalue weighted by Crippen LogP contribution is 2.29. The predicted molar refractivity (Wildman–Crippen MR) is 120 cm³/mol. The van der Waals surface area contributed by atoms with E-state index in [1.807, 2.05) is 0 Å². The maximum absolute atomic E-state index is 6.33. The number of hydrogen-bond acceptors (Lipinski definition) is 9. The monoisotopic (exact) mass is 463 g/mol. The van der Waals surface area contributed by atoms with Crippen LogP contribution in [-0.2, 0) is 37.9 Å². The van der Waals surface area contributed by atoms with Gasteiger partial charge in [-0.2, -0.15) is 0 Å². The van der Waals surface area contributed by atoms with Gasteiger partial charge in [-0.05, 0) is 12.8 Å². The Labute approximate surface area is 193 Å². The summed E-state index contributed by atoms with van der Waals surface area (Å²) >= 11 is 0. The zero-order valence-corrected chi connectivity index (χ0v) is 20.3. The lowest BCUT2D eigenvalue weighted by Crippen LogP contribution is -2.62. The van der Waals surface area contributed by atoms with Crippen molar-refractivity contribution in [1.29, 1.82) is 0 Å². The predicted octanol–water partition coefficient (Wildman–Crippen LogP) is 1.77. The van der Waals surface area contributed by atoms with Crippen LogP contribution < -0.4 is 5.32 Å². The second kappa shape index (κ2) is 18.0. The third-order valence-electron chi connectivity index (χ3n) is 5.48. The first-order valence-corrected chi connectivity index (χ1v) is 12.3. The topological polar surface area (TPSA) is 85.9 Å². The normalized spacial score (nSPS) is 31.8. The van der Waals surface area contributed by atoms with Gasteiger partial charge in [0.2, 0.25) is 0 Å². The highest BCUT2D eigenvalue weighted by atomic mass is 16.7. The molecular weight excluding hydrogens is 418 g/mol. The largest absolute Gasteiger partial charge is 0.378 e. The Balaban J connectivity index is 2.10. The van der Waals surface area contributed by atoms with Crippen molar-refractivity contribution in [3.63, 3.8) is 0 Å². The molecule has 32 heavy (non-hydrogen) atoms. The fraction of sp³-hybridized carbons (Fsp3) is 1.00. The van der Waals surface area contributed by atoms with E-state index in [0.29, 0.717) is 59.5 Å². The zero-order valence-electron chi connectivity index (χ0n) is 20.3. The smallest absolute Gasteiger partial charge is 0.186 e. The average molecular weight is 464 g/mol. The number of unbranched alkanes of at least 4 members (excludes halogenated alkanes) is 2. The minimum absolute atomic E-state index is 0.317. The summed E-state index contributed by atoms with van der Waals surface area (Å²) in [7, 11) is 1.64. The van der Waals surface area contributed by atoms with Crippen molar-refractivity contribution in [3.8, 4) is 0 Å². The molecule has 0 amide bonds. The third-order valence-corrected chi connectivity index (χ3v) is 5.48. The van der Waals surface area contributed by atoms with Crippen LogP contribution >= 0.6 is 0 Å². The van der Waals surface area contributed by atoms with Gasteiger partial charge in [-0.25, -0.2) is 0 Å². The molecule has 1 N–H and O–H groups in total. The quantitative estimate of drug-likeness (QED) is 0.514.